The van der Waals surface area contributed by atoms with E-state index < -0.39 is 0 Å². The van der Waals surface area contributed by atoms with Crippen LogP contribution in [-0.2, 0) is 17.8 Å². The van der Waals surface area contributed by atoms with Crippen molar-refractivity contribution in [1.82, 2.24) is 9.55 Å². The molecule has 1 atom stereocenters. The molecule has 0 aliphatic carbocycles. The standard InChI is InChI=1S/C23H27N3O/c1-4-17-9-5-7-11-20(17)25-15-18(13-22(25)27)23-24-19-10-6-8-12-21(19)26(23)14-16(2)3/h5-12,16,18H,4,13-15H2,1-3H3/t18-/m1/s1. The molecule has 1 aliphatic heterocycles. The Balaban J connectivity index is 1.72. The van der Waals surface area contributed by atoms with E-state index >= 15 is 0 Å². The lowest BCUT2D eigenvalue weighted by molar-refractivity contribution is -0.117. The molecule has 0 N–H and O–H groups in total. The fourth-order valence-electron chi connectivity index (χ4n) is 4.15. The number of hydrogen-bond donors (Lipinski definition) is 0. The van der Waals surface area contributed by atoms with E-state index in [1.807, 2.05) is 23.1 Å². The number of imidazole rings is 1. The van der Waals surface area contributed by atoms with E-state index in [1.54, 1.807) is 0 Å². The van der Waals surface area contributed by atoms with Gasteiger partial charge < -0.3 is 9.47 Å². The maximum Gasteiger partial charge on any atom is 0.227 e. The number of hydrogen-bond acceptors (Lipinski definition) is 2. The van der Waals surface area contributed by atoms with Crippen LogP contribution in [0.15, 0.2) is 48.5 Å². The van der Waals surface area contributed by atoms with Crippen molar-refractivity contribution in [3.05, 3.63) is 59.9 Å². The second-order valence-corrected chi connectivity index (χ2v) is 7.85. The van der Waals surface area contributed by atoms with Gasteiger partial charge in [0.25, 0.3) is 0 Å². The molecular formula is C23H27N3O. The largest absolute Gasteiger partial charge is 0.327 e. The second-order valence-electron chi connectivity index (χ2n) is 7.85. The fraction of sp³-hybridized carbons (Fsp3) is 0.391. The number of nitrogens with zero attached hydrogens (tertiary/aromatic N) is 3. The molecule has 1 aromatic heterocycles. The van der Waals surface area contributed by atoms with E-state index in [1.165, 1.54) is 11.1 Å². The molecule has 1 fully saturated rings. The van der Waals surface area contributed by atoms with Crippen LogP contribution in [0, 0.1) is 5.92 Å². The molecule has 3 aromatic rings. The van der Waals surface area contributed by atoms with Gasteiger partial charge in [0, 0.05) is 31.1 Å². The molecule has 140 valence electrons. The highest BCUT2D eigenvalue weighted by Crippen LogP contribution is 2.35. The molecule has 0 radical (unpaired) electrons. The monoisotopic (exact) mass is 361 g/mol. The Morgan fingerprint density at radius 3 is 2.63 bits per heavy atom. The summed E-state index contributed by atoms with van der Waals surface area (Å²) >= 11 is 0. The number of amides is 1. The third-order valence-electron chi connectivity index (χ3n) is 5.39. The zero-order valence-electron chi connectivity index (χ0n) is 16.4. The van der Waals surface area contributed by atoms with Crippen molar-refractivity contribution in [2.45, 2.75) is 46.1 Å². The highest BCUT2D eigenvalue weighted by Gasteiger charge is 2.35. The Morgan fingerprint density at radius 1 is 1.11 bits per heavy atom. The van der Waals surface area contributed by atoms with Gasteiger partial charge in [-0.05, 0) is 36.1 Å². The summed E-state index contributed by atoms with van der Waals surface area (Å²) < 4.78 is 2.33. The number of aromatic nitrogens is 2. The van der Waals surface area contributed by atoms with Gasteiger partial charge in [-0.15, -0.1) is 0 Å². The highest BCUT2D eigenvalue weighted by atomic mass is 16.2. The van der Waals surface area contributed by atoms with Crippen molar-refractivity contribution in [2.24, 2.45) is 5.92 Å². The molecule has 0 unspecified atom stereocenters. The lowest BCUT2D eigenvalue weighted by Crippen LogP contribution is -2.25. The number of fused-ring (bicyclic) bond motifs is 1. The van der Waals surface area contributed by atoms with Gasteiger partial charge in [-0.3, -0.25) is 4.79 Å². The molecule has 2 aromatic carbocycles. The van der Waals surface area contributed by atoms with Crippen molar-refractivity contribution in [3.8, 4) is 0 Å². The van der Waals surface area contributed by atoms with Crippen molar-refractivity contribution in [2.75, 3.05) is 11.4 Å². The summed E-state index contributed by atoms with van der Waals surface area (Å²) in [5, 5.41) is 0. The van der Waals surface area contributed by atoms with Crippen LogP contribution in [0.1, 0.15) is 44.5 Å². The lowest BCUT2D eigenvalue weighted by Gasteiger charge is -2.20. The Labute approximate surface area is 160 Å². The van der Waals surface area contributed by atoms with Gasteiger partial charge in [0.2, 0.25) is 5.91 Å². The van der Waals surface area contributed by atoms with Gasteiger partial charge in [0.05, 0.1) is 11.0 Å². The van der Waals surface area contributed by atoms with E-state index in [4.69, 9.17) is 4.98 Å². The SMILES string of the molecule is CCc1ccccc1N1C[C@H](c2nc3ccccc3n2CC(C)C)CC1=O. The topological polar surface area (TPSA) is 38.1 Å². The Hall–Kier alpha value is -2.62. The van der Waals surface area contributed by atoms with Crippen molar-refractivity contribution in [1.29, 1.82) is 0 Å². The average Bonchev–Trinajstić information content (AvgIpc) is 3.22. The fourth-order valence-corrected chi connectivity index (χ4v) is 4.15. The van der Waals surface area contributed by atoms with Gasteiger partial charge in [-0.1, -0.05) is 51.1 Å². The van der Waals surface area contributed by atoms with Crippen molar-refractivity contribution in [3.63, 3.8) is 0 Å². The zero-order chi connectivity index (χ0) is 19.0. The van der Waals surface area contributed by atoms with Crippen LogP contribution < -0.4 is 4.90 Å². The van der Waals surface area contributed by atoms with Crippen LogP contribution in [0.5, 0.6) is 0 Å². The number of aryl methyl sites for hydroxylation is 1. The molecule has 1 aliphatic rings. The molecule has 4 rings (SSSR count). The van der Waals surface area contributed by atoms with Crippen LogP contribution in [-0.4, -0.2) is 22.0 Å². The first-order valence-electron chi connectivity index (χ1n) is 9.92. The van der Waals surface area contributed by atoms with Crippen molar-refractivity contribution >= 4 is 22.6 Å². The molecule has 0 bridgehead atoms. The number of carbonyl (C=O) groups is 1. The third kappa shape index (κ3) is 3.25. The van der Waals surface area contributed by atoms with Crippen molar-refractivity contribution < 1.29 is 4.79 Å². The molecular weight excluding hydrogens is 334 g/mol. The molecule has 1 amide bonds. The van der Waals surface area contributed by atoms with Crippen LogP contribution in [0.4, 0.5) is 5.69 Å². The Morgan fingerprint density at radius 2 is 1.85 bits per heavy atom. The average molecular weight is 361 g/mol. The molecule has 2 heterocycles. The van der Waals surface area contributed by atoms with E-state index in [9.17, 15) is 4.79 Å². The molecule has 4 nitrogen and oxygen atoms in total. The number of carbonyl (C=O) groups excluding carboxylic acids is 1. The van der Waals surface area contributed by atoms with Crippen LogP contribution in [0.25, 0.3) is 11.0 Å². The van der Waals surface area contributed by atoms with Crippen LogP contribution >= 0.6 is 0 Å². The number of anilines is 1. The molecule has 4 heteroatoms. The minimum Gasteiger partial charge on any atom is -0.327 e. The highest BCUT2D eigenvalue weighted by molar-refractivity contribution is 5.97. The Bertz CT molecular complexity index is 973. The predicted molar refractivity (Wildman–Crippen MR) is 110 cm³/mol. The zero-order valence-corrected chi connectivity index (χ0v) is 16.4. The van der Waals surface area contributed by atoms with E-state index in [2.05, 4.69) is 55.7 Å². The lowest BCUT2D eigenvalue weighted by atomic mass is 10.1. The summed E-state index contributed by atoms with van der Waals surface area (Å²) in [7, 11) is 0. The first kappa shape index (κ1) is 17.8. The van der Waals surface area contributed by atoms with Gasteiger partial charge in [0.15, 0.2) is 0 Å². The third-order valence-corrected chi connectivity index (χ3v) is 5.39. The van der Waals surface area contributed by atoms with Gasteiger partial charge >= 0.3 is 0 Å². The normalized spacial score (nSPS) is 17.4. The van der Waals surface area contributed by atoms with E-state index in [-0.39, 0.29) is 11.8 Å². The van der Waals surface area contributed by atoms with Crippen LogP contribution in [0.2, 0.25) is 0 Å². The van der Waals surface area contributed by atoms with E-state index in [0.29, 0.717) is 18.9 Å². The summed E-state index contributed by atoms with van der Waals surface area (Å²) in [4.78, 5) is 19.8. The predicted octanol–water partition coefficient (Wildman–Crippen LogP) is 4.78. The molecule has 27 heavy (non-hydrogen) atoms. The minimum atomic E-state index is 0.133. The smallest absolute Gasteiger partial charge is 0.227 e. The van der Waals surface area contributed by atoms with Gasteiger partial charge in [-0.25, -0.2) is 4.98 Å². The van der Waals surface area contributed by atoms with E-state index in [0.717, 1.165) is 30.0 Å². The number of rotatable bonds is 5. The maximum absolute atomic E-state index is 12.9. The summed E-state index contributed by atoms with van der Waals surface area (Å²) in [6, 6.07) is 16.5. The summed E-state index contributed by atoms with van der Waals surface area (Å²) in [5.74, 6) is 1.91. The number of para-hydroxylation sites is 3. The first-order valence-corrected chi connectivity index (χ1v) is 9.92. The summed E-state index contributed by atoms with van der Waals surface area (Å²) in [6.45, 7) is 8.21. The molecule has 1 saturated heterocycles. The van der Waals surface area contributed by atoms with Gasteiger partial charge in [-0.2, -0.15) is 0 Å². The Kier molecular flexibility index (Phi) is 4.73. The molecule has 0 saturated carbocycles. The quantitative estimate of drug-likeness (QED) is 0.656. The van der Waals surface area contributed by atoms with Gasteiger partial charge in [0.1, 0.15) is 5.82 Å². The molecule has 0 spiro atoms. The minimum absolute atomic E-state index is 0.133. The summed E-state index contributed by atoms with van der Waals surface area (Å²) in [5.41, 5.74) is 4.47. The second kappa shape index (κ2) is 7.18. The van der Waals surface area contributed by atoms with Crippen LogP contribution in [0.3, 0.4) is 0 Å². The number of benzene rings is 2. The maximum atomic E-state index is 12.9. The first-order chi connectivity index (χ1) is 13.1. The summed E-state index contributed by atoms with van der Waals surface area (Å²) in [6.07, 6.45) is 1.45.